The molecule has 2 rings (SSSR count). The first-order valence-electron chi connectivity index (χ1n) is 7.66. The second kappa shape index (κ2) is 9.36. The van der Waals surface area contributed by atoms with Gasteiger partial charge in [0.15, 0.2) is 0 Å². The number of carbonyl (C=O) groups excluding carboxylic acids is 2. The van der Waals surface area contributed by atoms with Gasteiger partial charge in [0.05, 0.1) is 5.56 Å². The summed E-state index contributed by atoms with van der Waals surface area (Å²) in [6.07, 6.45) is 2.36. The molecular formula is C18H18I2N2O2. The van der Waals surface area contributed by atoms with Crippen molar-refractivity contribution in [1.82, 2.24) is 0 Å². The zero-order chi connectivity index (χ0) is 17.5. The highest BCUT2D eigenvalue weighted by Crippen LogP contribution is 2.20. The average molecular weight is 548 g/mol. The Bertz CT molecular complexity index is 748. The predicted molar refractivity (Wildman–Crippen MR) is 114 cm³/mol. The molecule has 24 heavy (non-hydrogen) atoms. The summed E-state index contributed by atoms with van der Waals surface area (Å²) in [7, 11) is 0. The van der Waals surface area contributed by atoms with Crippen LogP contribution in [-0.2, 0) is 4.79 Å². The van der Waals surface area contributed by atoms with Crippen LogP contribution in [0.15, 0.2) is 42.5 Å². The largest absolute Gasteiger partial charge is 0.326 e. The second-order valence-corrected chi connectivity index (χ2v) is 7.72. The first-order valence-corrected chi connectivity index (χ1v) is 9.81. The van der Waals surface area contributed by atoms with Crippen molar-refractivity contribution in [3.05, 3.63) is 55.2 Å². The third kappa shape index (κ3) is 5.73. The first kappa shape index (κ1) is 19.2. The molecule has 2 amide bonds. The molecule has 0 heterocycles. The van der Waals surface area contributed by atoms with Gasteiger partial charge in [0.1, 0.15) is 0 Å². The Labute approximate surface area is 169 Å². The minimum absolute atomic E-state index is 0.00696. The molecule has 0 aliphatic heterocycles. The topological polar surface area (TPSA) is 58.2 Å². The number of hydrogen-bond donors (Lipinski definition) is 2. The number of unbranched alkanes of at least 4 members (excludes halogenated alkanes) is 1. The van der Waals surface area contributed by atoms with E-state index in [9.17, 15) is 9.59 Å². The normalized spacial score (nSPS) is 10.3. The number of rotatable bonds is 6. The van der Waals surface area contributed by atoms with Crippen LogP contribution in [-0.4, -0.2) is 11.8 Å². The van der Waals surface area contributed by atoms with Crippen molar-refractivity contribution in [2.24, 2.45) is 0 Å². The summed E-state index contributed by atoms with van der Waals surface area (Å²) in [5.74, 6) is -0.167. The quantitative estimate of drug-likeness (QED) is 0.484. The lowest BCUT2D eigenvalue weighted by atomic mass is 10.2. The Hall–Kier alpha value is -1.16. The number of amides is 2. The smallest absolute Gasteiger partial charge is 0.256 e. The fourth-order valence-electron chi connectivity index (χ4n) is 2.11. The van der Waals surface area contributed by atoms with E-state index in [1.54, 1.807) is 12.1 Å². The highest BCUT2D eigenvalue weighted by molar-refractivity contribution is 14.1. The summed E-state index contributed by atoms with van der Waals surface area (Å²) in [5.41, 5.74) is 1.98. The molecule has 0 fully saturated rings. The number of benzene rings is 2. The third-order valence-electron chi connectivity index (χ3n) is 3.33. The van der Waals surface area contributed by atoms with Gasteiger partial charge < -0.3 is 10.6 Å². The summed E-state index contributed by atoms with van der Waals surface area (Å²) < 4.78 is 1.91. The van der Waals surface area contributed by atoms with Crippen LogP contribution in [0.2, 0.25) is 0 Å². The maximum atomic E-state index is 12.5. The minimum Gasteiger partial charge on any atom is -0.326 e. The molecule has 0 unspecified atom stereocenters. The molecule has 0 bridgehead atoms. The van der Waals surface area contributed by atoms with Crippen LogP contribution < -0.4 is 10.6 Å². The summed E-state index contributed by atoms with van der Waals surface area (Å²) in [6, 6.07) is 12.9. The van der Waals surface area contributed by atoms with Crippen LogP contribution >= 0.6 is 45.2 Å². The molecule has 0 radical (unpaired) electrons. The van der Waals surface area contributed by atoms with E-state index in [1.165, 1.54) is 0 Å². The van der Waals surface area contributed by atoms with Crippen LogP contribution in [0.5, 0.6) is 0 Å². The molecule has 0 aliphatic rings. The highest BCUT2D eigenvalue weighted by Gasteiger charge is 2.11. The van der Waals surface area contributed by atoms with Crippen molar-refractivity contribution in [2.75, 3.05) is 10.6 Å². The molecule has 0 spiro atoms. The van der Waals surface area contributed by atoms with E-state index in [-0.39, 0.29) is 11.8 Å². The lowest BCUT2D eigenvalue weighted by Gasteiger charge is -2.10. The van der Waals surface area contributed by atoms with Gasteiger partial charge in [0, 0.05) is 24.9 Å². The van der Waals surface area contributed by atoms with Crippen molar-refractivity contribution in [3.63, 3.8) is 0 Å². The summed E-state index contributed by atoms with van der Waals surface area (Å²) in [4.78, 5) is 24.3. The van der Waals surface area contributed by atoms with Crippen LogP contribution in [0, 0.1) is 7.14 Å². The Morgan fingerprint density at radius 1 is 1.00 bits per heavy atom. The van der Waals surface area contributed by atoms with Crippen molar-refractivity contribution in [2.45, 2.75) is 26.2 Å². The van der Waals surface area contributed by atoms with Gasteiger partial charge in [-0.15, -0.1) is 0 Å². The van der Waals surface area contributed by atoms with E-state index in [2.05, 4.69) is 62.7 Å². The zero-order valence-electron chi connectivity index (χ0n) is 13.2. The van der Waals surface area contributed by atoms with E-state index in [1.807, 2.05) is 30.3 Å². The Morgan fingerprint density at radius 3 is 2.42 bits per heavy atom. The van der Waals surface area contributed by atoms with E-state index in [4.69, 9.17) is 0 Å². The fraction of sp³-hybridized carbons (Fsp3) is 0.222. The maximum Gasteiger partial charge on any atom is 0.256 e. The molecule has 0 atom stereocenters. The standard InChI is InChI=1S/C18H18I2N2O2/c1-2-3-7-17(23)21-13-5-4-6-14(11-13)22-18(24)15-10-12(19)8-9-16(15)20/h4-6,8-11H,2-3,7H2,1H3,(H,21,23)(H,22,24). The lowest BCUT2D eigenvalue weighted by Crippen LogP contribution is -2.14. The summed E-state index contributed by atoms with van der Waals surface area (Å²) in [5, 5.41) is 5.74. The number of anilines is 2. The van der Waals surface area contributed by atoms with Gasteiger partial charge >= 0.3 is 0 Å². The molecule has 2 aromatic carbocycles. The molecule has 2 aromatic rings. The SMILES string of the molecule is CCCCC(=O)Nc1cccc(NC(=O)c2cc(I)ccc2I)c1. The minimum atomic E-state index is -0.160. The van der Waals surface area contributed by atoms with Gasteiger partial charge in [-0.1, -0.05) is 19.4 Å². The number of hydrogen-bond acceptors (Lipinski definition) is 2. The maximum absolute atomic E-state index is 12.5. The Morgan fingerprint density at radius 2 is 1.71 bits per heavy atom. The van der Waals surface area contributed by atoms with Crippen LogP contribution in [0.4, 0.5) is 11.4 Å². The van der Waals surface area contributed by atoms with Gasteiger partial charge in [0.25, 0.3) is 5.91 Å². The molecular weight excluding hydrogens is 530 g/mol. The Kier molecular flexibility index (Phi) is 7.47. The van der Waals surface area contributed by atoms with Crippen LogP contribution in [0.25, 0.3) is 0 Å². The van der Waals surface area contributed by atoms with Crippen molar-refractivity contribution < 1.29 is 9.59 Å². The molecule has 4 nitrogen and oxygen atoms in total. The van der Waals surface area contributed by atoms with Crippen molar-refractivity contribution in [3.8, 4) is 0 Å². The van der Waals surface area contributed by atoms with Gasteiger partial charge in [-0.05, 0) is 88.0 Å². The van der Waals surface area contributed by atoms with E-state index >= 15 is 0 Å². The molecule has 2 N–H and O–H groups in total. The Balaban J connectivity index is 2.07. The van der Waals surface area contributed by atoms with Gasteiger partial charge in [-0.3, -0.25) is 9.59 Å². The average Bonchev–Trinajstić information content (AvgIpc) is 2.55. The second-order valence-electron chi connectivity index (χ2n) is 5.31. The van der Waals surface area contributed by atoms with Crippen LogP contribution in [0.3, 0.4) is 0 Å². The molecule has 0 aromatic heterocycles. The van der Waals surface area contributed by atoms with Gasteiger partial charge in [-0.25, -0.2) is 0 Å². The van der Waals surface area contributed by atoms with Crippen molar-refractivity contribution in [1.29, 1.82) is 0 Å². The highest BCUT2D eigenvalue weighted by atomic mass is 127. The first-order chi connectivity index (χ1) is 11.5. The molecule has 0 saturated heterocycles. The third-order valence-corrected chi connectivity index (χ3v) is 4.95. The zero-order valence-corrected chi connectivity index (χ0v) is 17.6. The number of halogens is 2. The van der Waals surface area contributed by atoms with Crippen LogP contribution in [0.1, 0.15) is 36.5 Å². The molecule has 6 heteroatoms. The fourth-order valence-corrected chi connectivity index (χ4v) is 3.18. The molecule has 0 aliphatic carbocycles. The molecule has 126 valence electrons. The lowest BCUT2D eigenvalue weighted by molar-refractivity contribution is -0.116. The monoisotopic (exact) mass is 548 g/mol. The summed E-state index contributed by atoms with van der Waals surface area (Å²) in [6.45, 7) is 2.05. The van der Waals surface area contributed by atoms with E-state index in [0.29, 0.717) is 23.4 Å². The van der Waals surface area contributed by atoms with E-state index in [0.717, 1.165) is 20.0 Å². The molecule has 0 saturated carbocycles. The summed E-state index contributed by atoms with van der Waals surface area (Å²) >= 11 is 4.33. The van der Waals surface area contributed by atoms with Gasteiger partial charge in [-0.2, -0.15) is 0 Å². The van der Waals surface area contributed by atoms with Crippen molar-refractivity contribution >= 4 is 68.4 Å². The van der Waals surface area contributed by atoms with Gasteiger partial charge in [0.2, 0.25) is 5.91 Å². The number of nitrogens with one attached hydrogen (secondary N) is 2. The predicted octanol–water partition coefficient (Wildman–Crippen LogP) is 5.28. The number of carbonyl (C=O) groups is 2. The van der Waals surface area contributed by atoms with E-state index < -0.39 is 0 Å².